The van der Waals surface area contributed by atoms with E-state index in [1.54, 1.807) is 13.3 Å². The maximum Gasteiger partial charge on any atom is 0.227 e. The summed E-state index contributed by atoms with van der Waals surface area (Å²) in [6.07, 6.45) is 3.31. The first-order valence-electron chi connectivity index (χ1n) is 9.60. The van der Waals surface area contributed by atoms with Crippen LogP contribution in [0.5, 0.6) is 5.88 Å². The highest BCUT2D eigenvalue weighted by Gasteiger charge is 2.21. The molecule has 0 bridgehead atoms. The Hall–Kier alpha value is -2.36. The molecule has 1 saturated heterocycles. The molecular formula is C21H28IN5O2. The number of amides is 1. The van der Waals surface area contributed by atoms with Crippen molar-refractivity contribution in [3.05, 3.63) is 53.7 Å². The molecule has 0 atom stereocenters. The summed E-state index contributed by atoms with van der Waals surface area (Å²) in [6, 6.07) is 11.9. The predicted molar refractivity (Wildman–Crippen MR) is 126 cm³/mol. The number of ether oxygens (including phenoxy) is 1. The third-order valence-corrected chi connectivity index (χ3v) is 4.55. The normalized spacial score (nSPS) is 13.8. The highest BCUT2D eigenvalue weighted by molar-refractivity contribution is 14.0. The van der Waals surface area contributed by atoms with E-state index in [2.05, 4.69) is 20.6 Å². The Kier molecular flexibility index (Phi) is 9.17. The molecule has 1 aromatic carbocycles. The molecule has 3 rings (SSSR count). The zero-order valence-electron chi connectivity index (χ0n) is 16.9. The molecule has 1 aromatic heterocycles. The number of nitrogens with zero attached hydrogens (tertiary/aromatic N) is 3. The van der Waals surface area contributed by atoms with Gasteiger partial charge in [-0.1, -0.05) is 12.1 Å². The largest absolute Gasteiger partial charge is 0.481 e. The minimum atomic E-state index is 0. The molecule has 0 aliphatic carbocycles. The summed E-state index contributed by atoms with van der Waals surface area (Å²) in [5.41, 5.74) is 3.13. The summed E-state index contributed by atoms with van der Waals surface area (Å²) in [4.78, 5) is 22.4. The van der Waals surface area contributed by atoms with Crippen LogP contribution in [0.25, 0.3) is 0 Å². The number of carbonyl (C=O) groups excluding carboxylic acids is 1. The second-order valence-corrected chi connectivity index (χ2v) is 6.57. The first-order valence-corrected chi connectivity index (χ1v) is 9.60. The van der Waals surface area contributed by atoms with Crippen molar-refractivity contribution in [2.45, 2.75) is 32.9 Å². The molecule has 1 fully saturated rings. The number of methoxy groups -OCH3 is 1. The Bertz CT molecular complexity index is 826. The molecule has 0 unspecified atom stereocenters. The quantitative estimate of drug-likeness (QED) is 0.341. The number of guanidine groups is 1. The van der Waals surface area contributed by atoms with Gasteiger partial charge in [-0.3, -0.25) is 4.79 Å². The minimum absolute atomic E-state index is 0. The zero-order chi connectivity index (χ0) is 19.8. The molecule has 7 nitrogen and oxygen atoms in total. The first-order chi connectivity index (χ1) is 13.7. The van der Waals surface area contributed by atoms with Crippen molar-refractivity contribution < 1.29 is 9.53 Å². The number of carbonyl (C=O) groups is 1. The molecule has 156 valence electrons. The summed E-state index contributed by atoms with van der Waals surface area (Å²) >= 11 is 0. The number of aliphatic imine (C=N–C) groups is 1. The van der Waals surface area contributed by atoms with E-state index in [0.717, 1.165) is 42.3 Å². The number of aromatic nitrogens is 1. The van der Waals surface area contributed by atoms with Crippen LogP contribution in [0, 0.1) is 0 Å². The van der Waals surface area contributed by atoms with E-state index in [1.165, 1.54) is 0 Å². The van der Waals surface area contributed by atoms with Crippen LogP contribution >= 0.6 is 24.0 Å². The van der Waals surface area contributed by atoms with E-state index in [0.29, 0.717) is 25.4 Å². The van der Waals surface area contributed by atoms with Crippen molar-refractivity contribution in [3.8, 4) is 5.88 Å². The van der Waals surface area contributed by atoms with Crippen LogP contribution in [-0.4, -0.2) is 37.1 Å². The van der Waals surface area contributed by atoms with E-state index < -0.39 is 0 Å². The fourth-order valence-electron chi connectivity index (χ4n) is 3.07. The Morgan fingerprint density at radius 1 is 1.21 bits per heavy atom. The van der Waals surface area contributed by atoms with Crippen LogP contribution in [0.1, 0.15) is 30.9 Å². The van der Waals surface area contributed by atoms with Crippen molar-refractivity contribution >= 4 is 41.5 Å². The number of nitrogens with one attached hydrogen (secondary N) is 2. The van der Waals surface area contributed by atoms with Gasteiger partial charge in [-0.05, 0) is 42.7 Å². The van der Waals surface area contributed by atoms with Crippen LogP contribution in [0.2, 0.25) is 0 Å². The minimum Gasteiger partial charge on any atom is -0.481 e. The summed E-state index contributed by atoms with van der Waals surface area (Å²) in [5, 5.41) is 6.60. The molecule has 0 saturated carbocycles. The molecule has 0 spiro atoms. The third-order valence-electron chi connectivity index (χ3n) is 4.55. The number of hydrogen-bond acceptors (Lipinski definition) is 4. The average Bonchev–Trinajstić information content (AvgIpc) is 3.16. The maximum absolute atomic E-state index is 11.9. The molecule has 1 aliphatic rings. The highest BCUT2D eigenvalue weighted by atomic mass is 127. The Labute approximate surface area is 189 Å². The Balaban J connectivity index is 0.00000300. The smallest absolute Gasteiger partial charge is 0.227 e. The van der Waals surface area contributed by atoms with Crippen LogP contribution < -0.4 is 20.3 Å². The average molecular weight is 509 g/mol. The summed E-state index contributed by atoms with van der Waals surface area (Å²) < 4.78 is 5.15. The monoisotopic (exact) mass is 509 g/mol. The molecule has 2 N–H and O–H groups in total. The van der Waals surface area contributed by atoms with Gasteiger partial charge in [-0.2, -0.15) is 0 Å². The maximum atomic E-state index is 11.9. The van der Waals surface area contributed by atoms with Crippen LogP contribution in [0.4, 0.5) is 5.69 Å². The molecule has 29 heavy (non-hydrogen) atoms. The molecule has 2 heterocycles. The van der Waals surface area contributed by atoms with Crippen molar-refractivity contribution in [1.82, 2.24) is 15.6 Å². The molecule has 0 radical (unpaired) electrons. The van der Waals surface area contributed by atoms with Gasteiger partial charge in [0.1, 0.15) is 0 Å². The fraction of sp³-hybridized carbons (Fsp3) is 0.381. The van der Waals surface area contributed by atoms with Gasteiger partial charge in [0.05, 0.1) is 13.7 Å². The van der Waals surface area contributed by atoms with Gasteiger partial charge in [-0.15, -0.1) is 24.0 Å². The van der Waals surface area contributed by atoms with Crippen molar-refractivity contribution in [2.24, 2.45) is 4.99 Å². The number of benzene rings is 1. The molecule has 2 aromatic rings. The van der Waals surface area contributed by atoms with Gasteiger partial charge in [0.15, 0.2) is 5.96 Å². The number of halogens is 1. The second kappa shape index (κ2) is 11.6. The first kappa shape index (κ1) is 22.9. The van der Waals surface area contributed by atoms with Crippen LogP contribution in [-0.2, 0) is 17.9 Å². The van der Waals surface area contributed by atoms with E-state index in [9.17, 15) is 4.79 Å². The van der Waals surface area contributed by atoms with Crippen LogP contribution in [0.15, 0.2) is 47.6 Å². The SMILES string of the molecule is CCNC(=NCc1ccnc(OC)c1)NCc1ccc(N2CCCC2=O)cc1.I. The lowest BCUT2D eigenvalue weighted by Crippen LogP contribution is -2.36. The van der Waals surface area contributed by atoms with Crippen molar-refractivity contribution in [3.63, 3.8) is 0 Å². The molecule has 1 aliphatic heterocycles. The molecule has 8 heteroatoms. The lowest BCUT2D eigenvalue weighted by Gasteiger charge is -2.16. The zero-order valence-corrected chi connectivity index (χ0v) is 19.2. The number of rotatable bonds is 7. The van der Waals surface area contributed by atoms with Gasteiger partial charge < -0.3 is 20.3 Å². The lowest BCUT2D eigenvalue weighted by atomic mass is 10.2. The van der Waals surface area contributed by atoms with Gasteiger partial charge in [0.25, 0.3) is 0 Å². The Morgan fingerprint density at radius 2 is 2.00 bits per heavy atom. The molecular weight excluding hydrogens is 481 g/mol. The topological polar surface area (TPSA) is 78.9 Å². The van der Waals surface area contributed by atoms with Gasteiger partial charge in [0.2, 0.25) is 11.8 Å². The van der Waals surface area contributed by atoms with E-state index in [-0.39, 0.29) is 29.9 Å². The predicted octanol–water partition coefficient (Wildman–Crippen LogP) is 3.09. The van der Waals surface area contributed by atoms with Gasteiger partial charge in [0, 0.05) is 44.0 Å². The molecule has 1 amide bonds. The highest BCUT2D eigenvalue weighted by Crippen LogP contribution is 2.21. The van der Waals surface area contributed by atoms with Gasteiger partial charge in [-0.25, -0.2) is 9.98 Å². The standard InChI is InChI=1S/C21H27N5O2.HI/c1-3-22-21(25-15-17-10-11-23-19(13-17)28-2)24-14-16-6-8-18(9-7-16)26-12-4-5-20(26)27;/h6-11,13H,3-5,12,14-15H2,1-2H3,(H2,22,24,25);1H. The fourth-order valence-corrected chi connectivity index (χ4v) is 3.07. The second-order valence-electron chi connectivity index (χ2n) is 6.57. The van der Waals surface area contributed by atoms with Crippen molar-refractivity contribution in [1.29, 1.82) is 0 Å². The van der Waals surface area contributed by atoms with Crippen LogP contribution in [0.3, 0.4) is 0 Å². The number of anilines is 1. The third kappa shape index (κ3) is 6.59. The number of hydrogen-bond donors (Lipinski definition) is 2. The van der Waals surface area contributed by atoms with E-state index in [1.807, 2.05) is 48.2 Å². The summed E-state index contributed by atoms with van der Waals surface area (Å²) in [6.45, 7) is 4.81. The van der Waals surface area contributed by atoms with Crippen molar-refractivity contribution in [2.75, 3.05) is 25.1 Å². The summed E-state index contributed by atoms with van der Waals surface area (Å²) in [5.74, 6) is 1.54. The van der Waals surface area contributed by atoms with Gasteiger partial charge >= 0.3 is 0 Å². The summed E-state index contributed by atoms with van der Waals surface area (Å²) in [7, 11) is 1.60. The van der Waals surface area contributed by atoms with E-state index >= 15 is 0 Å². The number of pyridine rings is 1. The Morgan fingerprint density at radius 3 is 2.66 bits per heavy atom. The van der Waals surface area contributed by atoms with E-state index in [4.69, 9.17) is 4.74 Å². The lowest BCUT2D eigenvalue weighted by molar-refractivity contribution is -0.117.